The number of ketones is 1. The highest BCUT2D eigenvalue weighted by atomic mass is 32.2. The number of Topliss-reactive ketones (excluding diaryl/α,β-unsaturated/α-hetero) is 1. The van der Waals surface area contributed by atoms with Gasteiger partial charge in [-0.3, -0.25) is 9.69 Å². The molecular formula is C24H35N3O3S. The number of carbonyl (C=O) groups excluding carboxylic acids is 1. The fraction of sp³-hybridized carbons (Fsp3) is 0.667. The Kier molecular flexibility index (Phi) is 7.25. The molecule has 1 aliphatic carbocycles. The lowest BCUT2D eigenvalue weighted by atomic mass is 9.87. The number of nitriles is 1. The van der Waals surface area contributed by atoms with Crippen molar-refractivity contribution in [2.24, 2.45) is 17.3 Å². The van der Waals surface area contributed by atoms with Crippen LogP contribution < -0.4 is 0 Å². The zero-order chi connectivity index (χ0) is 22.8. The normalized spacial score (nSPS) is 24.3. The Hall–Kier alpha value is -1.75. The van der Waals surface area contributed by atoms with E-state index in [1.165, 1.54) is 25.0 Å². The number of carbonyl (C=O) groups is 1. The Labute approximate surface area is 187 Å². The molecule has 2 atom stereocenters. The van der Waals surface area contributed by atoms with E-state index in [-0.39, 0.29) is 21.8 Å². The molecule has 170 valence electrons. The summed E-state index contributed by atoms with van der Waals surface area (Å²) >= 11 is 0. The topological polar surface area (TPSA) is 81.5 Å². The predicted molar refractivity (Wildman–Crippen MR) is 121 cm³/mol. The van der Waals surface area contributed by atoms with E-state index in [4.69, 9.17) is 5.26 Å². The second-order valence-electron chi connectivity index (χ2n) is 10.2. The van der Waals surface area contributed by atoms with Crippen LogP contribution in [0, 0.1) is 28.6 Å². The van der Waals surface area contributed by atoms with Gasteiger partial charge in [-0.05, 0) is 69.0 Å². The third-order valence-corrected chi connectivity index (χ3v) is 8.64. The second-order valence-corrected chi connectivity index (χ2v) is 12.4. The number of hydrogen-bond acceptors (Lipinski definition) is 6. The highest BCUT2D eigenvalue weighted by Gasteiger charge is 2.44. The molecule has 7 heteroatoms. The average Bonchev–Trinajstić information content (AvgIpc) is 2.98. The van der Waals surface area contributed by atoms with E-state index < -0.39 is 9.84 Å². The Morgan fingerprint density at radius 1 is 1.16 bits per heavy atom. The lowest BCUT2D eigenvalue weighted by Crippen LogP contribution is -2.53. The molecule has 0 radical (unpaired) electrons. The van der Waals surface area contributed by atoms with Crippen LogP contribution in [0.3, 0.4) is 0 Å². The van der Waals surface area contributed by atoms with Gasteiger partial charge < -0.3 is 4.90 Å². The molecule has 1 heterocycles. The van der Waals surface area contributed by atoms with Crippen molar-refractivity contribution in [3.8, 4) is 6.07 Å². The van der Waals surface area contributed by atoms with Gasteiger partial charge in [0.05, 0.1) is 28.8 Å². The molecule has 1 aromatic rings. The molecule has 2 unspecified atom stereocenters. The van der Waals surface area contributed by atoms with Crippen LogP contribution in [0.15, 0.2) is 29.2 Å². The summed E-state index contributed by atoms with van der Waals surface area (Å²) in [6.07, 6.45) is 2.97. The van der Waals surface area contributed by atoms with Gasteiger partial charge in [-0.15, -0.1) is 0 Å². The van der Waals surface area contributed by atoms with Gasteiger partial charge >= 0.3 is 0 Å². The van der Waals surface area contributed by atoms with Gasteiger partial charge in [0.1, 0.15) is 0 Å². The maximum atomic E-state index is 12.6. The third-order valence-electron chi connectivity index (χ3n) is 6.83. The zero-order valence-corrected chi connectivity index (χ0v) is 20.0. The van der Waals surface area contributed by atoms with Crippen LogP contribution in [0.5, 0.6) is 0 Å². The first-order valence-electron chi connectivity index (χ1n) is 11.2. The monoisotopic (exact) mass is 445 g/mol. The molecule has 1 aliphatic heterocycles. The molecule has 1 aromatic carbocycles. The van der Waals surface area contributed by atoms with Crippen LogP contribution in [0.1, 0.15) is 45.6 Å². The summed E-state index contributed by atoms with van der Waals surface area (Å²) in [4.78, 5) is 17.4. The lowest BCUT2D eigenvalue weighted by molar-refractivity contribution is -0.128. The first-order valence-corrected chi connectivity index (χ1v) is 12.9. The van der Waals surface area contributed by atoms with E-state index in [2.05, 4.69) is 16.8 Å². The molecule has 31 heavy (non-hydrogen) atoms. The third kappa shape index (κ3) is 5.74. The van der Waals surface area contributed by atoms with Gasteiger partial charge in [-0.2, -0.15) is 5.26 Å². The van der Waals surface area contributed by atoms with Crippen molar-refractivity contribution < 1.29 is 13.2 Å². The largest absolute Gasteiger partial charge is 0.303 e. The summed E-state index contributed by atoms with van der Waals surface area (Å²) in [5.74, 6) is 1.50. The summed E-state index contributed by atoms with van der Waals surface area (Å²) in [5.41, 5.74) is 0.153. The molecule has 0 spiro atoms. The highest BCUT2D eigenvalue weighted by Crippen LogP contribution is 2.39. The zero-order valence-electron chi connectivity index (χ0n) is 19.2. The SMILES string of the molecule is CN(CC(=O)C(C)(C)C)C1C2CCC1CN(CCCS(=O)(=O)c1ccc(C#N)cc1)C2. The summed E-state index contributed by atoms with van der Waals surface area (Å²) in [6.45, 7) is 9.17. The maximum Gasteiger partial charge on any atom is 0.178 e. The summed E-state index contributed by atoms with van der Waals surface area (Å²) in [5, 5.41) is 8.87. The molecule has 0 amide bonds. The second kappa shape index (κ2) is 9.40. The fourth-order valence-electron chi connectivity index (χ4n) is 5.10. The minimum atomic E-state index is -3.33. The number of fused-ring (bicyclic) bond motifs is 2. The van der Waals surface area contributed by atoms with Gasteiger partial charge in [-0.25, -0.2) is 8.42 Å². The first-order chi connectivity index (χ1) is 14.5. The van der Waals surface area contributed by atoms with Crippen molar-refractivity contribution in [1.82, 2.24) is 9.80 Å². The lowest BCUT2D eigenvalue weighted by Gasteiger charge is -2.42. The summed E-state index contributed by atoms with van der Waals surface area (Å²) in [6, 6.07) is 8.61. The minimum Gasteiger partial charge on any atom is -0.303 e. The van der Waals surface area contributed by atoms with E-state index in [1.54, 1.807) is 12.1 Å². The van der Waals surface area contributed by atoms with Crippen LogP contribution in [0.2, 0.25) is 0 Å². The molecule has 3 rings (SSSR count). The predicted octanol–water partition coefficient (Wildman–Crippen LogP) is 2.98. The first kappa shape index (κ1) is 23.9. The molecule has 6 nitrogen and oxygen atoms in total. The number of sulfone groups is 1. The number of hydrogen-bond donors (Lipinski definition) is 0. The molecule has 2 fully saturated rings. The molecule has 0 N–H and O–H groups in total. The van der Waals surface area contributed by atoms with Crippen molar-refractivity contribution in [2.45, 2.75) is 51.0 Å². The summed E-state index contributed by atoms with van der Waals surface area (Å²) < 4.78 is 25.2. The minimum absolute atomic E-state index is 0.119. The number of rotatable bonds is 8. The standard InChI is InChI=1S/C24H35N3O3S/c1-24(2,3)22(28)17-26(4)23-19-8-9-20(23)16-27(15-19)12-5-13-31(29,30)21-10-6-18(14-25)7-11-21/h6-7,10-11,19-20,23H,5,8-9,12-13,15-17H2,1-4H3. The molecule has 2 bridgehead atoms. The molecule has 0 aromatic heterocycles. The van der Waals surface area contributed by atoms with Crippen LogP contribution in [0.25, 0.3) is 0 Å². The fourth-order valence-corrected chi connectivity index (χ4v) is 6.39. The number of benzene rings is 1. The Morgan fingerprint density at radius 3 is 2.26 bits per heavy atom. The number of nitrogens with zero attached hydrogens (tertiary/aromatic N) is 3. The van der Waals surface area contributed by atoms with Crippen molar-refractivity contribution in [3.63, 3.8) is 0 Å². The number of likely N-dealkylation sites (N-methyl/N-ethyl adjacent to an activating group) is 1. The quantitative estimate of drug-likeness (QED) is 0.612. The van der Waals surface area contributed by atoms with Crippen LogP contribution in [0.4, 0.5) is 0 Å². The maximum absolute atomic E-state index is 12.6. The molecule has 2 aliphatic rings. The van der Waals surface area contributed by atoms with Crippen LogP contribution in [-0.2, 0) is 14.6 Å². The van der Waals surface area contributed by atoms with Crippen LogP contribution in [-0.4, -0.2) is 69.0 Å². The van der Waals surface area contributed by atoms with Gasteiger partial charge in [-0.1, -0.05) is 20.8 Å². The van der Waals surface area contributed by atoms with Gasteiger partial charge in [0.2, 0.25) is 0 Å². The van der Waals surface area contributed by atoms with Crippen LogP contribution >= 0.6 is 0 Å². The van der Waals surface area contributed by atoms with E-state index in [1.807, 2.05) is 26.8 Å². The van der Waals surface area contributed by atoms with Gasteiger partial charge in [0.25, 0.3) is 0 Å². The van der Waals surface area contributed by atoms with Crippen molar-refractivity contribution in [1.29, 1.82) is 5.26 Å². The molecular weight excluding hydrogens is 410 g/mol. The highest BCUT2D eigenvalue weighted by molar-refractivity contribution is 7.91. The van der Waals surface area contributed by atoms with E-state index >= 15 is 0 Å². The average molecular weight is 446 g/mol. The number of piperidine rings is 1. The van der Waals surface area contributed by atoms with Crippen molar-refractivity contribution in [2.75, 3.05) is 39.0 Å². The van der Waals surface area contributed by atoms with E-state index in [9.17, 15) is 13.2 Å². The van der Waals surface area contributed by atoms with Crippen molar-refractivity contribution >= 4 is 15.6 Å². The summed E-state index contributed by atoms with van der Waals surface area (Å²) in [7, 11) is -1.25. The Balaban J connectivity index is 1.51. The Bertz CT molecular complexity index is 914. The molecule has 1 saturated carbocycles. The van der Waals surface area contributed by atoms with Gasteiger partial charge in [0.15, 0.2) is 15.6 Å². The van der Waals surface area contributed by atoms with E-state index in [0.29, 0.717) is 36.4 Å². The Morgan fingerprint density at radius 2 is 1.74 bits per heavy atom. The molecule has 1 saturated heterocycles. The smallest absolute Gasteiger partial charge is 0.178 e. The number of likely N-dealkylation sites (tertiary alicyclic amines) is 1. The van der Waals surface area contributed by atoms with E-state index in [0.717, 1.165) is 19.6 Å². The van der Waals surface area contributed by atoms with Gasteiger partial charge in [0, 0.05) is 24.5 Å². The van der Waals surface area contributed by atoms with Crippen molar-refractivity contribution in [3.05, 3.63) is 29.8 Å².